The molecule has 1 rings (SSSR count). The SMILES string of the molecule is CCOC(=O)C(=O)N(C)c1ccc(C)cc1C. The van der Waals surface area contributed by atoms with Gasteiger partial charge in [-0.3, -0.25) is 4.79 Å². The van der Waals surface area contributed by atoms with Gasteiger partial charge in [-0.15, -0.1) is 0 Å². The second-order valence-corrected chi connectivity index (χ2v) is 3.87. The maximum atomic E-state index is 11.7. The van der Waals surface area contributed by atoms with Crippen molar-refractivity contribution in [1.29, 1.82) is 0 Å². The van der Waals surface area contributed by atoms with Crippen LogP contribution in [0, 0.1) is 13.8 Å². The van der Waals surface area contributed by atoms with Crippen molar-refractivity contribution in [1.82, 2.24) is 0 Å². The number of carbonyl (C=O) groups is 2. The molecule has 0 N–H and O–H groups in total. The first-order valence-electron chi connectivity index (χ1n) is 5.49. The first-order chi connectivity index (χ1) is 7.97. The van der Waals surface area contributed by atoms with E-state index in [2.05, 4.69) is 4.74 Å². The number of rotatable bonds is 2. The predicted octanol–water partition coefficient (Wildman–Crippen LogP) is 1.83. The maximum Gasteiger partial charge on any atom is 0.397 e. The molecule has 17 heavy (non-hydrogen) atoms. The lowest BCUT2D eigenvalue weighted by Crippen LogP contribution is -2.35. The lowest BCUT2D eigenvalue weighted by atomic mass is 10.1. The van der Waals surface area contributed by atoms with Crippen molar-refractivity contribution in [3.8, 4) is 0 Å². The lowest BCUT2D eigenvalue weighted by molar-refractivity contribution is -0.153. The number of benzene rings is 1. The molecule has 0 saturated carbocycles. The van der Waals surface area contributed by atoms with Crippen molar-refractivity contribution in [3.05, 3.63) is 29.3 Å². The van der Waals surface area contributed by atoms with Gasteiger partial charge in [-0.25, -0.2) is 4.79 Å². The number of hydrogen-bond acceptors (Lipinski definition) is 3. The van der Waals surface area contributed by atoms with E-state index in [9.17, 15) is 9.59 Å². The molecule has 1 aromatic carbocycles. The first kappa shape index (κ1) is 13.2. The van der Waals surface area contributed by atoms with Crippen LogP contribution in [0.3, 0.4) is 0 Å². The van der Waals surface area contributed by atoms with E-state index in [0.29, 0.717) is 5.69 Å². The molecule has 0 spiro atoms. The summed E-state index contributed by atoms with van der Waals surface area (Å²) in [7, 11) is 1.57. The molecule has 4 nitrogen and oxygen atoms in total. The van der Waals surface area contributed by atoms with E-state index in [0.717, 1.165) is 11.1 Å². The van der Waals surface area contributed by atoms with Crippen LogP contribution in [0.1, 0.15) is 18.1 Å². The van der Waals surface area contributed by atoms with Crippen molar-refractivity contribution in [2.45, 2.75) is 20.8 Å². The van der Waals surface area contributed by atoms with Gasteiger partial charge < -0.3 is 9.64 Å². The number of likely N-dealkylation sites (N-methyl/N-ethyl adjacent to an activating group) is 1. The van der Waals surface area contributed by atoms with Gasteiger partial charge >= 0.3 is 11.9 Å². The fraction of sp³-hybridized carbons (Fsp3) is 0.385. The summed E-state index contributed by atoms with van der Waals surface area (Å²) in [4.78, 5) is 24.4. The van der Waals surface area contributed by atoms with Gasteiger partial charge in [0.1, 0.15) is 0 Å². The van der Waals surface area contributed by atoms with Crippen LogP contribution in [0.25, 0.3) is 0 Å². The van der Waals surface area contributed by atoms with Crippen LogP contribution in [-0.2, 0) is 14.3 Å². The summed E-state index contributed by atoms with van der Waals surface area (Å²) >= 11 is 0. The number of amides is 1. The molecular weight excluding hydrogens is 218 g/mol. The molecule has 0 unspecified atom stereocenters. The smallest absolute Gasteiger partial charge is 0.397 e. The number of ether oxygens (including phenoxy) is 1. The van der Waals surface area contributed by atoms with Gasteiger partial charge in [0, 0.05) is 12.7 Å². The fourth-order valence-corrected chi connectivity index (χ4v) is 1.62. The lowest BCUT2D eigenvalue weighted by Gasteiger charge is -2.18. The molecule has 0 saturated heterocycles. The van der Waals surface area contributed by atoms with E-state index in [1.165, 1.54) is 4.90 Å². The van der Waals surface area contributed by atoms with Crippen molar-refractivity contribution in [2.75, 3.05) is 18.6 Å². The predicted molar refractivity (Wildman–Crippen MR) is 66.0 cm³/mol. The van der Waals surface area contributed by atoms with Gasteiger partial charge in [-0.1, -0.05) is 17.7 Å². The number of hydrogen-bond donors (Lipinski definition) is 0. The van der Waals surface area contributed by atoms with E-state index in [4.69, 9.17) is 0 Å². The maximum absolute atomic E-state index is 11.7. The van der Waals surface area contributed by atoms with Gasteiger partial charge in [0.25, 0.3) is 0 Å². The molecule has 0 atom stereocenters. The fourth-order valence-electron chi connectivity index (χ4n) is 1.62. The quantitative estimate of drug-likeness (QED) is 0.580. The zero-order valence-electron chi connectivity index (χ0n) is 10.6. The van der Waals surface area contributed by atoms with Crippen molar-refractivity contribution < 1.29 is 14.3 Å². The van der Waals surface area contributed by atoms with E-state index in [1.807, 2.05) is 32.0 Å². The highest BCUT2D eigenvalue weighted by molar-refractivity contribution is 6.38. The summed E-state index contributed by atoms with van der Waals surface area (Å²) in [5.74, 6) is -1.48. The average Bonchev–Trinajstić information content (AvgIpc) is 2.27. The Balaban J connectivity index is 2.92. The summed E-state index contributed by atoms with van der Waals surface area (Å²) in [6, 6.07) is 5.68. The Morgan fingerprint density at radius 3 is 2.47 bits per heavy atom. The largest absolute Gasteiger partial charge is 0.459 e. The summed E-state index contributed by atoms with van der Waals surface area (Å²) in [6.45, 7) is 5.74. The van der Waals surface area contributed by atoms with Gasteiger partial charge in [-0.2, -0.15) is 0 Å². The molecule has 0 heterocycles. The summed E-state index contributed by atoms with van der Waals surface area (Å²) in [6.07, 6.45) is 0. The average molecular weight is 235 g/mol. The van der Waals surface area contributed by atoms with Crippen molar-refractivity contribution in [3.63, 3.8) is 0 Å². The minimum atomic E-state index is -0.824. The second-order valence-electron chi connectivity index (χ2n) is 3.87. The van der Waals surface area contributed by atoms with Crippen LogP contribution in [0.15, 0.2) is 18.2 Å². The Morgan fingerprint density at radius 2 is 1.94 bits per heavy atom. The van der Waals surface area contributed by atoms with E-state index >= 15 is 0 Å². The Hall–Kier alpha value is -1.84. The van der Waals surface area contributed by atoms with Gasteiger partial charge in [0.2, 0.25) is 0 Å². The molecule has 92 valence electrons. The van der Waals surface area contributed by atoms with Crippen molar-refractivity contribution >= 4 is 17.6 Å². The van der Waals surface area contributed by atoms with Crippen LogP contribution in [0.4, 0.5) is 5.69 Å². The van der Waals surface area contributed by atoms with Crippen molar-refractivity contribution in [2.24, 2.45) is 0 Å². The molecule has 1 amide bonds. The van der Waals surface area contributed by atoms with Crippen LogP contribution >= 0.6 is 0 Å². The molecule has 4 heteroatoms. The minimum absolute atomic E-state index is 0.200. The normalized spacial score (nSPS) is 9.88. The zero-order chi connectivity index (χ0) is 13.0. The number of esters is 1. The molecule has 0 radical (unpaired) electrons. The zero-order valence-corrected chi connectivity index (χ0v) is 10.6. The number of carbonyl (C=O) groups excluding carboxylic acids is 2. The highest BCUT2D eigenvalue weighted by atomic mass is 16.5. The van der Waals surface area contributed by atoms with Crippen LogP contribution in [0.5, 0.6) is 0 Å². The van der Waals surface area contributed by atoms with Crippen LogP contribution in [-0.4, -0.2) is 25.5 Å². The molecular formula is C13H17NO3. The highest BCUT2D eigenvalue weighted by Crippen LogP contribution is 2.20. The Labute approximate surface area is 101 Å². The van der Waals surface area contributed by atoms with E-state index in [-0.39, 0.29) is 6.61 Å². The highest BCUT2D eigenvalue weighted by Gasteiger charge is 2.21. The number of nitrogens with zero attached hydrogens (tertiary/aromatic N) is 1. The van der Waals surface area contributed by atoms with Crippen LogP contribution < -0.4 is 4.90 Å². The third kappa shape index (κ3) is 3.06. The monoisotopic (exact) mass is 235 g/mol. The third-order valence-electron chi connectivity index (χ3n) is 2.47. The third-order valence-corrected chi connectivity index (χ3v) is 2.47. The number of aryl methyl sites for hydroxylation is 2. The Morgan fingerprint density at radius 1 is 1.29 bits per heavy atom. The first-order valence-corrected chi connectivity index (χ1v) is 5.49. The number of anilines is 1. The van der Waals surface area contributed by atoms with E-state index in [1.54, 1.807) is 14.0 Å². The molecule has 0 bridgehead atoms. The molecule has 1 aromatic rings. The van der Waals surface area contributed by atoms with Gasteiger partial charge in [0.15, 0.2) is 0 Å². The molecule has 0 aliphatic carbocycles. The van der Waals surface area contributed by atoms with Gasteiger partial charge in [0.05, 0.1) is 6.61 Å². The van der Waals surface area contributed by atoms with Gasteiger partial charge in [-0.05, 0) is 32.4 Å². The summed E-state index contributed by atoms with van der Waals surface area (Å²) in [5.41, 5.74) is 2.78. The standard InChI is InChI=1S/C13H17NO3/c1-5-17-13(16)12(15)14(4)11-7-6-9(2)8-10(11)3/h6-8H,5H2,1-4H3. The second kappa shape index (κ2) is 5.48. The summed E-state index contributed by atoms with van der Waals surface area (Å²) in [5, 5.41) is 0. The van der Waals surface area contributed by atoms with E-state index < -0.39 is 11.9 Å². The Kier molecular flexibility index (Phi) is 4.26. The molecule has 0 fully saturated rings. The molecule has 0 aromatic heterocycles. The topological polar surface area (TPSA) is 46.6 Å². The minimum Gasteiger partial charge on any atom is -0.459 e. The Bertz CT molecular complexity index is 440. The molecule has 0 aliphatic heterocycles. The molecule has 0 aliphatic rings. The summed E-state index contributed by atoms with van der Waals surface area (Å²) < 4.78 is 4.68. The van der Waals surface area contributed by atoms with Crippen LogP contribution in [0.2, 0.25) is 0 Å².